The Morgan fingerprint density at radius 2 is 1.76 bits per heavy atom. The molecule has 0 aliphatic heterocycles. The van der Waals surface area contributed by atoms with Gasteiger partial charge in [-0.15, -0.1) is 0 Å². The summed E-state index contributed by atoms with van der Waals surface area (Å²) < 4.78 is 1.63. The van der Waals surface area contributed by atoms with E-state index in [1.54, 1.807) is 17.8 Å². The van der Waals surface area contributed by atoms with Gasteiger partial charge < -0.3 is 16.2 Å². The van der Waals surface area contributed by atoms with Crippen LogP contribution in [0.2, 0.25) is 0 Å². The van der Waals surface area contributed by atoms with E-state index in [0.717, 1.165) is 27.8 Å². The first-order valence-electron chi connectivity index (χ1n) is 11.0. The van der Waals surface area contributed by atoms with E-state index in [2.05, 4.69) is 10.3 Å². The largest absolute Gasteiger partial charge is 0.392 e. The minimum Gasteiger partial charge on any atom is -0.392 e. The molecule has 0 amide bonds. The number of rotatable bonds is 8. The Bertz CT molecular complexity index is 1380. The standard InChI is InChI=1S/C27H27N5O2/c1-30-27-31-15-22(14-19-5-4-6-20(13-19)17-33)26(34)32(27)16-18-9-11-21(12-10-18)23-7-2-3-8-24(23)25(28)29/h2-13,15,33H,14,16-17H2,1H3,(H3,28,29)(H,30,31). The summed E-state index contributed by atoms with van der Waals surface area (Å²) in [5.74, 6) is 0.515. The number of benzene rings is 3. The molecule has 0 radical (unpaired) electrons. The third kappa shape index (κ3) is 4.89. The molecule has 7 nitrogen and oxygen atoms in total. The molecule has 4 aromatic rings. The molecule has 172 valence electrons. The third-order valence-electron chi connectivity index (χ3n) is 5.73. The van der Waals surface area contributed by atoms with Crippen LogP contribution in [0.25, 0.3) is 11.1 Å². The van der Waals surface area contributed by atoms with Crippen LogP contribution in [-0.4, -0.2) is 27.5 Å². The number of aliphatic hydroxyl groups excluding tert-OH is 1. The quantitative estimate of drug-likeness (QED) is 0.241. The minimum atomic E-state index is -0.111. The maximum Gasteiger partial charge on any atom is 0.258 e. The molecule has 7 heteroatoms. The lowest BCUT2D eigenvalue weighted by Gasteiger charge is -2.14. The lowest BCUT2D eigenvalue weighted by molar-refractivity contribution is 0.281. The fourth-order valence-electron chi connectivity index (χ4n) is 4.00. The molecule has 0 saturated carbocycles. The van der Waals surface area contributed by atoms with Crippen LogP contribution < -0.4 is 16.6 Å². The van der Waals surface area contributed by atoms with E-state index >= 15 is 0 Å². The van der Waals surface area contributed by atoms with Crippen molar-refractivity contribution in [2.75, 3.05) is 12.4 Å². The smallest absolute Gasteiger partial charge is 0.258 e. The highest BCUT2D eigenvalue weighted by Crippen LogP contribution is 2.24. The first-order valence-corrected chi connectivity index (χ1v) is 11.0. The van der Waals surface area contributed by atoms with Gasteiger partial charge in [0.1, 0.15) is 5.84 Å². The Balaban J connectivity index is 1.63. The molecule has 1 heterocycles. The molecule has 4 rings (SSSR count). The number of nitrogens with two attached hydrogens (primary N) is 1. The second kappa shape index (κ2) is 10.1. The van der Waals surface area contributed by atoms with Crippen molar-refractivity contribution >= 4 is 11.8 Å². The van der Waals surface area contributed by atoms with Crippen LogP contribution in [0.15, 0.2) is 83.8 Å². The summed E-state index contributed by atoms with van der Waals surface area (Å²) in [7, 11) is 1.74. The van der Waals surface area contributed by atoms with Crippen molar-refractivity contribution in [3.05, 3.63) is 117 Å². The number of nitrogens with one attached hydrogen (secondary N) is 2. The van der Waals surface area contributed by atoms with Crippen molar-refractivity contribution in [2.45, 2.75) is 19.6 Å². The first-order chi connectivity index (χ1) is 16.5. The van der Waals surface area contributed by atoms with Gasteiger partial charge in [0.05, 0.1) is 13.2 Å². The van der Waals surface area contributed by atoms with E-state index in [0.29, 0.717) is 30.0 Å². The Kier molecular flexibility index (Phi) is 6.85. The molecular weight excluding hydrogens is 426 g/mol. The average Bonchev–Trinajstić information content (AvgIpc) is 2.87. The first kappa shape index (κ1) is 22.9. The average molecular weight is 454 g/mol. The van der Waals surface area contributed by atoms with Crippen LogP contribution in [0, 0.1) is 5.41 Å². The predicted octanol–water partition coefficient (Wildman–Crippen LogP) is 3.37. The lowest BCUT2D eigenvalue weighted by Crippen LogP contribution is -2.27. The predicted molar refractivity (Wildman–Crippen MR) is 135 cm³/mol. The van der Waals surface area contributed by atoms with Gasteiger partial charge in [-0.3, -0.25) is 14.8 Å². The molecule has 0 fully saturated rings. The van der Waals surface area contributed by atoms with Gasteiger partial charge in [-0.05, 0) is 27.8 Å². The number of aromatic nitrogens is 2. The lowest BCUT2D eigenvalue weighted by atomic mass is 9.98. The summed E-state index contributed by atoms with van der Waals surface area (Å²) in [6.07, 6.45) is 2.04. The monoisotopic (exact) mass is 453 g/mol. The highest BCUT2D eigenvalue weighted by Gasteiger charge is 2.12. The van der Waals surface area contributed by atoms with Crippen LogP contribution in [-0.2, 0) is 19.6 Å². The highest BCUT2D eigenvalue weighted by molar-refractivity contribution is 6.01. The van der Waals surface area contributed by atoms with Gasteiger partial charge in [-0.1, -0.05) is 72.8 Å². The number of aliphatic hydroxyl groups is 1. The maximum absolute atomic E-state index is 13.3. The van der Waals surface area contributed by atoms with Gasteiger partial charge in [0, 0.05) is 30.8 Å². The number of anilines is 1. The molecule has 34 heavy (non-hydrogen) atoms. The summed E-state index contributed by atoms with van der Waals surface area (Å²) in [5, 5.41) is 20.2. The fraction of sp³-hybridized carbons (Fsp3) is 0.148. The number of nitrogen functional groups attached to an aromatic ring is 1. The Labute approximate surface area is 198 Å². The molecule has 0 atom stereocenters. The molecule has 1 aromatic heterocycles. The number of hydrogen-bond acceptors (Lipinski definition) is 5. The third-order valence-corrected chi connectivity index (χ3v) is 5.73. The van der Waals surface area contributed by atoms with Gasteiger partial charge in [-0.2, -0.15) is 0 Å². The molecule has 0 saturated heterocycles. The van der Waals surface area contributed by atoms with Crippen molar-refractivity contribution in [1.29, 1.82) is 5.41 Å². The van der Waals surface area contributed by atoms with Crippen LogP contribution in [0.4, 0.5) is 5.95 Å². The zero-order chi connectivity index (χ0) is 24.1. The topological polar surface area (TPSA) is 117 Å². The molecule has 0 aliphatic rings. The maximum atomic E-state index is 13.3. The summed E-state index contributed by atoms with van der Waals surface area (Å²) in [6, 6.07) is 23.0. The Morgan fingerprint density at radius 3 is 2.47 bits per heavy atom. The van der Waals surface area contributed by atoms with E-state index in [-0.39, 0.29) is 18.0 Å². The minimum absolute atomic E-state index is 0.0253. The molecule has 0 aliphatic carbocycles. The summed E-state index contributed by atoms with van der Waals surface area (Å²) in [5.41, 5.74) is 11.4. The molecule has 5 N–H and O–H groups in total. The highest BCUT2D eigenvalue weighted by atomic mass is 16.3. The van der Waals surface area contributed by atoms with E-state index in [4.69, 9.17) is 11.1 Å². The van der Waals surface area contributed by atoms with Gasteiger partial charge in [0.15, 0.2) is 0 Å². The van der Waals surface area contributed by atoms with Gasteiger partial charge in [0.2, 0.25) is 5.95 Å². The molecular formula is C27H27N5O2. The second-order valence-electron chi connectivity index (χ2n) is 8.06. The van der Waals surface area contributed by atoms with Crippen LogP contribution >= 0.6 is 0 Å². The molecule has 0 spiro atoms. The van der Waals surface area contributed by atoms with E-state index in [1.807, 2.05) is 72.8 Å². The zero-order valence-electron chi connectivity index (χ0n) is 19.0. The Morgan fingerprint density at radius 1 is 1.03 bits per heavy atom. The SMILES string of the molecule is CNc1ncc(Cc2cccc(CO)c2)c(=O)n1Cc1ccc(-c2ccccc2C(=N)N)cc1. The van der Waals surface area contributed by atoms with Crippen molar-refractivity contribution in [3.8, 4) is 11.1 Å². The van der Waals surface area contributed by atoms with E-state index in [9.17, 15) is 9.90 Å². The normalized spacial score (nSPS) is 10.8. The van der Waals surface area contributed by atoms with Gasteiger partial charge >= 0.3 is 0 Å². The molecule has 0 unspecified atom stereocenters. The van der Waals surface area contributed by atoms with Crippen LogP contribution in [0.1, 0.15) is 27.8 Å². The van der Waals surface area contributed by atoms with Crippen LogP contribution in [0.5, 0.6) is 0 Å². The number of hydrogen-bond donors (Lipinski definition) is 4. The van der Waals surface area contributed by atoms with Crippen molar-refractivity contribution in [2.24, 2.45) is 5.73 Å². The van der Waals surface area contributed by atoms with E-state index < -0.39 is 0 Å². The summed E-state index contributed by atoms with van der Waals surface area (Å²) >= 11 is 0. The van der Waals surface area contributed by atoms with Gasteiger partial charge in [0.25, 0.3) is 5.56 Å². The summed E-state index contributed by atoms with van der Waals surface area (Å²) in [6.45, 7) is 0.322. The van der Waals surface area contributed by atoms with E-state index in [1.165, 1.54) is 0 Å². The Hall–Kier alpha value is -4.23. The molecule has 3 aromatic carbocycles. The second-order valence-corrected chi connectivity index (χ2v) is 8.06. The van der Waals surface area contributed by atoms with Crippen molar-refractivity contribution < 1.29 is 5.11 Å². The van der Waals surface area contributed by atoms with Crippen LogP contribution in [0.3, 0.4) is 0 Å². The fourth-order valence-corrected chi connectivity index (χ4v) is 4.00. The van der Waals surface area contributed by atoms with Crippen molar-refractivity contribution in [1.82, 2.24) is 9.55 Å². The van der Waals surface area contributed by atoms with Crippen molar-refractivity contribution in [3.63, 3.8) is 0 Å². The number of amidine groups is 1. The van der Waals surface area contributed by atoms with Gasteiger partial charge in [-0.25, -0.2) is 4.98 Å². The number of nitrogens with zero attached hydrogens (tertiary/aromatic N) is 2. The summed E-state index contributed by atoms with van der Waals surface area (Å²) in [4.78, 5) is 17.8. The molecule has 0 bridgehead atoms. The zero-order valence-corrected chi connectivity index (χ0v) is 19.0.